The molecule has 5 rings (SSSR count). The van der Waals surface area contributed by atoms with E-state index >= 15 is 0 Å². The van der Waals surface area contributed by atoms with Crippen molar-refractivity contribution >= 4 is 29.1 Å². The molecule has 3 aromatic carbocycles. The van der Waals surface area contributed by atoms with Crippen molar-refractivity contribution < 1.29 is 19.1 Å². The van der Waals surface area contributed by atoms with Crippen LogP contribution in [-0.2, 0) is 0 Å². The molecule has 1 atom stereocenters. The molecule has 1 saturated heterocycles. The van der Waals surface area contributed by atoms with Gasteiger partial charge in [-0.1, -0.05) is 18.2 Å². The predicted molar refractivity (Wildman–Crippen MR) is 134 cm³/mol. The average Bonchev–Trinajstić information content (AvgIpc) is 3.46. The summed E-state index contributed by atoms with van der Waals surface area (Å²) in [5.74, 6) is -0.0511. The van der Waals surface area contributed by atoms with Crippen molar-refractivity contribution in [2.24, 2.45) is 5.92 Å². The van der Waals surface area contributed by atoms with Gasteiger partial charge < -0.3 is 15.0 Å². The molecule has 1 unspecified atom stereocenters. The number of ether oxygens (including phenoxy) is 1. The van der Waals surface area contributed by atoms with E-state index in [9.17, 15) is 14.4 Å². The van der Waals surface area contributed by atoms with Crippen molar-refractivity contribution in [2.45, 2.75) is 13.3 Å². The number of amides is 3. The summed E-state index contributed by atoms with van der Waals surface area (Å²) in [6.07, 6.45) is 1.00. The van der Waals surface area contributed by atoms with Crippen LogP contribution in [0.3, 0.4) is 0 Å². The van der Waals surface area contributed by atoms with E-state index in [0.29, 0.717) is 41.6 Å². The Morgan fingerprint density at radius 3 is 2.43 bits per heavy atom. The van der Waals surface area contributed by atoms with Gasteiger partial charge >= 0.3 is 0 Å². The number of rotatable bonds is 7. The van der Waals surface area contributed by atoms with Crippen LogP contribution in [0.5, 0.6) is 5.75 Å². The van der Waals surface area contributed by atoms with Crippen LogP contribution < -0.4 is 19.9 Å². The van der Waals surface area contributed by atoms with Crippen LogP contribution >= 0.6 is 0 Å². The molecule has 0 aliphatic carbocycles. The Hall–Kier alpha value is -4.13. The minimum atomic E-state index is -0.432. The van der Waals surface area contributed by atoms with Crippen molar-refractivity contribution in [3.8, 4) is 5.75 Å². The van der Waals surface area contributed by atoms with E-state index in [4.69, 9.17) is 4.74 Å². The summed E-state index contributed by atoms with van der Waals surface area (Å²) in [5, 5.41) is 3.00. The normalized spacial score (nSPS) is 17.0. The Balaban J connectivity index is 1.24. The lowest BCUT2D eigenvalue weighted by atomic mass is 10.0. The van der Waals surface area contributed by atoms with Crippen LogP contribution in [0.4, 0.5) is 11.4 Å². The highest BCUT2D eigenvalue weighted by Crippen LogP contribution is 2.30. The fourth-order valence-corrected chi connectivity index (χ4v) is 4.69. The second-order valence-electron chi connectivity index (χ2n) is 8.78. The SMILES string of the molecule is CCOc1ccc(N2C(=O)c3ccc(C(=O)NCC4CCN(c5ccccc5)C4)cc3C2=O)cc1. The Labute approximate surface area is 204 Å². The molecule has 0 aromatic heterocycles. The van der Waals surface area contributed by atoms with E-state index in [1.807, 2.05) is 25.1 Å². The number of nitrogens with zero attached hydrogens (tertiary/aromatic N) is 2. The van der Waals surface area contributed by atoms with Gasteiger partial charge in [0.05, 0.1) is 23.4 Å². The summed E-state index contributed by atoms with van der Waals surface area (Å²) in [5.41, 5.74) is 2.58. The van der Waals surface area contributed by atoms with Crippen LogP contribution in [-0.4, -0.2) is 44.0 Å². The van der Waals surface area contributed by atoms with Gasteiger partial charge in [0, 0.05) is 30.9 Å². The van der Waals surface area contributed by atoms with Gasteiger partial charge in [-0.2, -0.15) is 0 Å². The molecular formula is C28H27N3O4. The van der Waals surface area contributed by atoms with Gasteiger partial charge in [-0.15, -0.1) is 0 Å². The van der Waals surface area contributed by atoms with E-state index in [2.05, 4.69) is 22.3 Å². The van der Waals surface area contributed by atoms with Gasteiger partial charge in [0.2, 0.25) is 0 Å². The van der Waals surface area contributed by atoms with Gasteiger partial charge in [0.1, 0.15) is 5.75 Å². The predicted octanol–water partition coefficient (Wildman–Crippen LogP) is 4.14. The number of para-hydroxylation sites is 1. The fourth-order valence-electron chi connectivity index (χ4n) is 4.69. The topological polar surface area (TPSA) is 79.0 Å². The monoisotopic (exact) mass is 469 g/mol. The Morgan fingerprint density at radius 2 is 1.69 bits per heavy atom. The van der Waals surface area contributed by atoms with E-state index < -0.39 is 11.8 Å². The molecule has 3 amide bonds. The van der Waals surface area contributed by atoms with Gasteiger partial charge in [-0.25, -0.2) is 4.90 Å². The van der Waals surface area contributed by atoms with Crippen LogP contribution in [0.15, 0.2) is 72.8 Å². The molecule has 2 aliphatic rings. The second kappa shape index (κ2) is 9.62. The highest BCUT2D eigenvalue weighted by atomic mass is 16.5. The first-order chi connectivity index (χ1) is 17.0. The first kappa shape index (κ1) is 22.7. The summed E-state index contributed by atoms with van der Waals surface area (Å²) in [4.78, 5) is 42.3. The zero-order chi connectivity index (χ0) is 24.4. The fraction of sp³-hybridized carbons (Fsp3) is 0.250. The molecule has 1 fully saturated rings. The zero-order valence-electron chi connectivity index (χ0n) is 19.6. The molecule has 0 radical (unpaired) electrons. The molecule has 0 saturated carbocycles. The lowest BCUT2D eigenvalue weighted by molar-refractivity contribution is 0.0923. The molecule has 0 bridgehead atoms. The third-order valence-corrected chi connectivity index (χ3v) is 6.51. The number of hydrogen-bond donors (Lipinski definition) is 1. The quantitative estimate of drug-likeness (QED) is 0.526. The zero-order valence-corrected chi connectivity index (χ0v) is 19.6. The third kappa shape index (κ3) is 4.49. The minimum absolute atomic E-state index is 0.243. The molecule has 7 nitrogen and oxygen atoms in total. The van der Waals surface area contributed by atoms with Gasteiger partial charge in [0.25, 0.3) is 17.7 Å². The standard InChI is InChI=1S/C28H27N3O4/c1-2-35-23-11-9-22(10-12-23)31-27(33)24-13-8-20(16-25(24)28(31)34)26(32)29-17-19-14-15-30(18-19)21-6-4-3-5-7-21/h3-13,16,19H,2,14-15,17-18H2,1H3,(H,29,32). The smallest absolute Gasteiger partial charge is 0.266 e. The number of fused-ring (bicyclic) bond motifs is 1. The molecule has 2 aliphatic heterocycles. The molecular weight excluding hydrogens is 442 g/mol. The minimum Gasteiger partial charge on any atom is -0.494 e. The average molecular weight is 470 g/mol. The molecule has 7 heteroatoms. The maximum Gasteiger partial charge on any atom is 0.266 e. The first-order valence-electron chi connectivity index (χ1n) is 11.9. The summed E-state index contributed by atoms with van der Waals surface area (Å²) < 4.78 is 5.43. The van der Waals surface area contributed by atoms with Crippen LogP contribution in [0.25, 0.3) is 0 Å². The van der Waals surface area contributed by atoms with E-state index in [-0.39, 0.29) is 11.5 Å². The molecule has 1 N–H and O–H groups in total. The lowest BCUT2D eigenvalue weighted by Gasteiger charge is -2.18. The first-order valence-corrected chi connectivity index (χ1v) is 11.9. The van der Waals surface area contributed by atoms with E-state index in [1.165, 1.54) is 11.8 Å². The van der Waals surface area contributed by atoms with Crippen molar-refractivity contribution in [1.82, 2.24) is 5.32 Å². The van der Waals surface area contributed by atoms with Gasteiger partial charge in [0.15, 0.2) is 0 Å². The van der Waals surface area contributed by atoms with Gasteiger partial charge in [-0.05, 0) is 73.9 Å². The molecule has 0 spiro atoms. The van der Waals surface area contributed by atoms with Crippen molar-refractivity contribution in [2.75, 3.05) is 36.0 Å². The molecule has 3 aromatic rings. The summed E-state index contributed by atoms with van der Waals surface area (Å²) in [6.45, 7) is 4.83. The van der Waals surface area contributed by atoms with Crippen LogP contribution in [0, 0.1) is 5.92 Å². The van der Waals surface area contributed by atoms with Crippen molar-refractivity contribution in [3.05, 3.63) is 89.5 Å². The molecule has 2 heterocycles. The molecule has 178 valence electrons. The Kier molecular flexibility index (Phi) is 6.23. The number of imide groups is 1. The van der Waals surface area contributed by atoms with Crippen LogP contribution in [0.1, 0.15) is 44.4 Å². The lowest BCUT2D eigenvalue weighted by Crippen LogP contribution is -2.31. The third-order valence-electron chi connectivity index (χ3n) is 6.51. The summed E-state index contributed by atoms with van der Waals surface area (Å²) in [6, 6.07) is 21.8. The summed E-state index contributed by atoms with van der Waals surface area (Å²) in [7, 11) is 0. The number of anilines is 2. The number of carbonyl (C=O) groups excluding carboxylic acids is 3. The maximum absolute atomic E-state index is 13.1. The molecule has 35 heavy (non-hydrogen) atoms. The Morgan fingerprint density at radius 1 is 0.943 bits per heavy atom. The number of hydrogen-bond acceptors (Lipinski definition) is 5. The van der Waals surface area contributed by atoms with E-state index in [0.717, 1.165) is 24.4 Å². The number of benzene rings is 3. The number of carbonyl (C=O) groups is 3. The van der Waals surface area contributed by atoms with Crippen molar-refractivity contribution in [3.63, 3.8) is 0 Å². The highest BCUT2D eigenvalue weighted by Gasteiger charge is 2.37. The van der Waals surface area contributed by atoms with Crippen molar-refractivity contribution in [1.29, 1.82) is 0 Å². The largest absolute Gasteiger partial charge is 0.494 e. The maximum atomic E-state index is 13.1. The highest BCUT2D eigenvalue weighted by molar-refractivity contribution is 6.34. The van der Waals surface area contributed by atoms with Gasteiger partial charge in [-0.3, -0.25) is 14.4 Å². The van der Waals surface area contributed by atoms with E-state index in [1.54, 1.807) is 36.4 Å². The summed E-state index contributed by atoms with van der Waals surface area (Å²) >= 11 is 0. The number of nitrogens with one attached hydrogen (secondary N) is 1. The Bertz CT molecular complexity index is 1260. The second-order valence-corrected chi connectivity index (χ2v) is 8.78. The van der Waals surface area contributed by atoms with Crippen LogP contribution in [0.2, 0.25) is 0 Å².